The van der Waals surface area contributed by atoms with Gasteiger partial charge in [-0.25, -0.2) is 9.97 Å². The molecule has 2 heterocycles. The third kappa shape index (κ3) is 12.0. The number of aryl methyl sites for hydroxylation is 1. The van der Waals surface area contributed by atoms with Crippen LogP contribution < -0.4 is 47.9 Å². The Bertz CT molecular complexity index is 2620. The monoisotopic (exact) mass is 909 g/mol. The minimum absolute atomic E-state index is 0.000588. The Morgan fingerprint density at radius 1 is 0.851 bits per heavy atom. The van der Waals surface area contributed by atoms with Gasteiger partial charge in [0.25, 0.3) is 5.91 Å². The van der Waals surface area contributed by atoms with Crippen molar-refractivity contribution in [3.63, 3.8) is 0 Å². The number of rotatable bonds is 16. The molecule has 67 heavy (non-hydrogen) atoms. The SMILES string of the molecule is Cc1nc(-c2ccc(-c3ccccc3)cc2)ncc1C(=O)N[C@@H](CCN)C(=O)N(C)[C@@H]1C(=O)N[C@@H](C)C(=O)N[C@H](C(=O)NCC#N)Cc2ccc(OCCN)c(c2)-c2cc1ccc2OCCN. The minimum Gasteiger partial charge on any atom is -0.492 e. The van der Waals surface area contributed by atoms with Gasteiger partial charge in [0.05, 0.1) is 17.3 Å². The fraction of sp³-hybridized carbons (Fsp3) is 0.306. The summed E-state index contributed by atoms with van der Waals surface area (Å²) in [6.07, 6.45) is 1.39. The van der Waals surface area contributed by atoms with E-state index in [0.717, 1.165) is 16.7 Å². The highest BCUT2D eigenvalue weighted by molar-refractivity contribution is 6.00. The van der Waals surface area contributed by atoms with Gasteiger partial charge in [-0.1, -0.05) is 66.7 Å². The quantitative estimate of drug-likeness (QED) is 0.0701. The van der Waals surface area contributed by atoms with E-state index >= 15 is 0 Å². The Morgan fingerprint density at radius 2 is 1.49 bits per heavy atom. The number of carbonyl (C=O) groups excluding carboxylic acids is 5. The maximum atomic E-state index is 14.7. The van der Waals surface area contributed by atoms with Crippen LogP contribution >= 0.6 is 0 Å². The van der Waals surface area contributed by atoms with E-state index in [1.807, 2.05) is 60.7 Å². The number of nitrogens with two attached hydrogens (primary N) is 3. The average Bonchev–Trinajstić information content (AvgIpc) is 3.34. The van der Waals surface area contributed by atoms with Gasteiger partial charge in [-0.05, 0) is 73.3 Å². The van der Waals surface area contributed by atoms with Crippen molar-refractivity contribution in [1.29, 1.82) is 5.26 Å². The predicted octanol–water partition coefficient (Wildman–Crippen LogP) is 2.29. The molecular weight excluding hydrogens is 855 g/mol. The lowest BCUT2D eigenvalue weighted by Crippen LogP contribution is -2.56. The van der Waals surface area contributed by atoms with Crippen molar-refractivity contribution in [3.05, 3.63) is 120 Å². The molecule has 5 amide bonds. The molecule has 0 aliphatic carbocycles. The highest BCUT2D eigenvalue weighted by Crippen LogP contribution is 2.40. The summed E-state index contributed by atoms with van der Waals surface area (Å²) >= 11 is 0. The Balaban J connectivity index is 1.35. The van der Waals surface area contributed by atoms with E-state index in [-0.39, 0.29) is 57.8 Å². The van der Waals surface area contributed by atoms with E-state index in [4.69, 9.17) is 31.9 Å². The van der Waals surface area contributed by atoms with Gasteiger partial charge in [0.15, 0.2) is 5.82 Å². The fourth-order valence-corrected chi connectivity index (χ4v) is 7.64. The molecule has 4 aromatic carbocycles. The van der Waals surface area contributed by atoms with Gasteiger partial charge in [-0.3, -0.25) is 24.0 Å². The van der Waals surface area contributed by atoms with Crippen molar-refractivity contribution in [3.8, 4) is 51.2 Å². The molecule has 5 aromatic rings. The number of ether oxygens (including phenoxy) is 2. The lowest BCUT2D eigenvalue weighted by atomic mass is 9.93. The van der Waals surface area contributed by atoms with Crippen LogP contribution in [0.3, 0.4) is 0 Å². The van der Waals surface area contributed by atoms with Gasteiger partial charge in [-0.15, -0.1) is 0 Å². The molecule has 1 aliphatic heterocycles. The summed E-state index contributed by atoms with van der Waals surface area (Å²) in [6.45, 7) is 3.45. The van der Waals surface area contributed by atoms with E-state index < -0.39 is 53.7 Å². The first-order valence-corrected chi connectivity index (χ1v) is 21.8. The largest absolute Gasteiger partial charge is 0.492 e. The summed E-state index contributed by atoms with van der Waals surface area (Å²) in [5, 5.41) is 19.9. The van der Waals surface area contributed by atoms with Crippen LogP contribution in [0.4, 0.5) is 0 Å². The van der Waals surface area contributed by atoms with Gasteiger partial charge in [-0.2, -0.15) is 5.26 Å². The molecule has 1 aromatic heterocycles. The molecule has 0 radical (unpaired) electrons. The van der Waals surface area contributed by atoms with Crippen LogP contribution in [0.2, 0.25) is 0 Å². The fourth-order valence-electron chi connectivity index (χ4n) is 7.64. The van der Waals surface area contributed by atoms with Gasteiger partial charge < -0.3 is 52.8 Å². The molecule has 4 atom stereocenters. The Kier molecular flexibility index (Phi) is 16.7. The Labute approximate surface area is 388 Å². The summed E-state index contributed by atoms with van der Waals surface area (Å²) in [7, 11) is 1.41. The van der Waals surface area contributed by atoms with Crippen LogP contribution in [0, 0.1) is 18.3 Å². The maximum Gasteiger partial charge on any atom is 0.255 e. The zero-order valence-electron chi connectivity index (χ0n) is 37.6. The molecule has 348 valence electrons. The first-order valence-electron chi connectivity index (χ1n) is 21.8. The molecule has 0 fully saturated rings. The average molecular weight is 910 g/mol. The molecular formula is C49H55N11O7. The van der Waals surface area contributed by atoms with Crippen LogP contribution in [0.1, 0.15) is 46.6 Å². The van der Waals surface area contributed by atoms with Crippen molar-refractivity contribution in [2.45, 2.75) is 50.9 Å². The van der Waals surface area contributed by atoms with E-state index in [1.54, 1.807) is 43.3 Å². The molecule has 18 nitrogen and oxygen atoms in total. The highest BCUT2D eigenvalue weighted by Gasteiger charge is 2.36. The second-order valence-corrected chi connectivity index (χ2v) is 15.8. The van der Waals surface area contributed by atoms with Crippen molar-refractivity contribution in [1.82, 2.24) is 36.1 Å². The lowest BCUT2D eigenvalue weighted by molar-refractivity contribution is -0.141. The molecule has 10 N–H and O–H groups in total. The summed E-state index contributed by atoms with van der Waals surface area (Å²) < 4.78 is 12.2. The smallest absolute Gasteiger partial charge is 0.255 e. The number of hydrogen-bond acceptors (Lipinski definition) is 13. The van der Waals surface area contributed by atoms with Crippen molar-refractivity contribution in [2.24, 2.45) is 17.2 Å². The van der Waals surface area contributed by atoms with Gasteiger partial charge in [0, 0.05) is 49.4 Å². The van der Waals surface area contributed by atoms with Crippen LogP contribution in [0.15, 0.2) is 97.2 Å². The minimum atomic E-state index is -1.41. The van der Waals surface area contributed by atoms with E-state index in [9.17, 15) is 24.0 Å². The van der Waals surface area contributed by atoms with Gasteiger partial charge in [0.1, 0.15) is 55.4 Å². The summed E-state index contributed by atoms with van der Waals surface area (Å²) in [5.41, 5.74) is 22.9. The number of carbonyl (C=O) groups is 5. The molecule has 0 saturated carbocycles. The molecule has 6 rings (SSSR count). The topological polar surface area (TPSA) is 283 Å². The molecule has 1 aliphatic rings. The Hall–Kier alpha value is -7.72. The van der Waals surface area contributed by atoms with Crippen LogP contribution in [0.5, 0.6) is 11.5 Å². The molecule has 0 spiro atoms. The number of fused-ring (bicyclic) bond motifs is 5. The predicted molar refractivity (Wildman–Crippen MR) is 251 cm³/mol. The number of hydrogen-bond donors (Lipinski definition) is 7. The second kappa shape index (κ2) is 22.9. The number of aromatic nitrogens is 2. The zero-order chi connectivity index (χ0) is 48.0. The highest BCUT2D eigenvalue weighted by atomic mass is 16.5. The Morgan fingerprint density at radius 3 is 2.13 bits per heavy atom. The third-order valence-electron chi connectivity index (χ3n) is 11.1. The van der Waals surface area contributed by atoms with Crippen molar-refractivity contribution in [2.75, 3.05) is 46.4 Å². The normalized spacial score (nSPS) is 16.2. The summed E-state index contributed by atoms with van der Waals surface area (Å²) in [4.78, 5) is 80.5. The maximum absolute atomic E-state index is 14.7. The first kappa shape index (κ1) is 48.7. The van der Waals surface area contributed by atoms with Gasteiger partial charge in [0.2, 0.25) is 23.6 Å². The molecule has 4 bridgehead atoms. The van der Waals surface area contributed by atoms with Crippen LogP contribution in [0.25, 0.3) is 33.6 Å². The van der Waals surface area contributed by atoms with Crippen LogP contribution in [-0.2, 0) is 25.6 Å². The summed E-state index contributed by atoms with van der Waals surface area (Å²) in [5.74, 6) is -2.21. The van der Waals surface area contributed by atoms with Crippen molar-refractivity contribution < 1.29 is 33.4 Å². The van der Waals surface area contributed by atoms with Crippen LogP contribution in [-0.4, -0.2) is 109 Å². The van der Waals surface area contributed by atoms with E-state index in [2.05, 4.69) is 31.2 Å². The van der Waals surface area contributed by atoms with E-state index in [1.165, 1.54) is 25.1 Å². The summed E-state index contributed by atoms with van der Waals surface area (Å²) in [6, 6.07) is 24.7. The zero-order valence-corrected chi connectivity index (χ0v) is 37.6. The van der Waals surface area contributed by atoms with E-state index in [0.29, 0.717) is 45.3 Å². The number of benzene rings is 4. The third-order valence-corrected chi connectivity index (χ3v) is 11.1. The standard InChI is InChI=1S/C49H55N11O7/c1-29-38(28-55-44(56-29)34-12-10-33(11-13-34)32-7-5-4-6-8-32)46(62)58-39(17-18-50)49(65)60(3)43-35-14-16-42(67-24-21-53)37(27-35)36-25-31(9-15-41(36)66-23-20-52)26-40(47(63)54-22-19-51)59-45(61)30(2)57-48(43)64/h4-16,25,27-28,30,39-40,43H,17-18,20-24,26,50,52-53H2,1-3H3,(H,54,63)(H,57,64)(H,58,62)(H,59,61)/t30-,39-,40-,43-/m0/s1. The number of amides is 5. The molecule has 18 heteroatoms. The number of nitriles is 1. The lowest BCUT2D eigenvalue weighted by Gasteiger charge is -2.32. The van der Waals surface area contributed by atoms with Crippen molar-refractivity contribution >= 4 is 29.5 Å². The first-order chi connectivity index (χ1) is 32.4. The number of nitrogens with zero attached hydrogens (tertiary/aromatic N) is 4. The number of nitrogens with one attached hydrogen (secondary N) is 4. The molecule has 0 saturated heterocycles. The number of likely N-dealkylation sites (N-methyl/N-ethyl adjacent to an activating group) is 1. The second-order valence-electron chi connectivity index (χ2n) is 15.8. The van der Waals surface area contributed by atoms with Gasteiger partial charge >= 0.3 is 0 Å². The molecule has 0 unspecified atom stereocenters.